The predicted molar refractivity (Wildman–Crippen MR) is 57.6 cm³/mol. The van der Waals surface area contributed by atoms with Crippen LogP contribution >= 0.6 is 0 Å². The fourth-order valence-corrected chi connectivity index (χ4v) is 1.80. The number of ether oxygens (including phenoxy) is 1. The van der Waals surface area contributed by atoms with Crippen LogP contribution in [-0.2, 0) is 0 Å². The van der Waals surface area contributed by atoms with Crippen molar-refractivity contribution in [3.8, 4) is 11.8 Å². The molecule has 1 N–H and O–H groups in total. The van der Waals surface area contributed by atoms with Crippen molar-refractivity contribution in [1.82, 2.24) is 5.32 Å². The molecule has 0 saturated carbocycles. The van der Waals surface area contributed by atoms with Crippen LogP contribution in [0, 0.1) is 17.1 Å². The van der Waals surface area contributed by atoms with Crippen LogP contribution in [0.3, 0.4) is 0 Å². The Kier molecular flexibility index (Phi) is 3.37. The van der Waals surface area contributed by atoms with E-state index in [-0.39, 0.29) is 11.7 Å². The highest BCUT2D eigenvalue weighted by Gasteiger charge is 2.17. The fraction of sp³-hybridized carbons (Fsp3) is 0.417. The van der Waals surface area contributed by atoms with Gasteiger partial charge in [-0.2, -0.15) is 5.26 Å². The van der Waals surface area contributed by atoms with E-state index in [4.69, 9.17) is 10.00 Å². The molecule has 16 heavy (non-hydrogen) atoms. The molecule has 0 aliphatic carbocycles. The normalized spacial score (nSPS) is 16.8. The van der Waals surface area contributed by atoms with Crippen molar-refractivity contribution in [3.05, 3.63) is 29.6 Å². The molecule has 0 radical (unpaired) electrons. The van der Waals surface area contributed by atoms with Crippen LogP contribution in [0.4, 0.5) is 4.39 Å². The standard InChI is InChI=1S/C12H13FN2O/c13-11-2-1-3-12(10(11)8-14)16-9-4-6-15-7-5-9/h1-3,9,15H,4-7H2. The van der Waals surface area contributed by atoms with Crippen molar-refractivity contribution >= 4 is 0 Å². The highest BCUT2D eigenvalue weighted by molar-refractivity contribution is 5.43. The quantitative estimate of drug-likeness (QED) is 0.827. The van der Waals surface area contributed by atoms with Gasteiger partial charge in [-0.3, -0.25) is 0 Å². The SMILES string of the molecule is N#Cc1c(F)cccc1OC1CCNCC1. The zero-order valence-corrected chi connectivity index (χ0v) is 8.87. The molecule has 0 amide bonds. The summed E-state index contributed by atoms with van der Waals surface area (Å²) in [5.74, 6) is -0.164. The first-order valence-corrected chi connectivity index (χ1v) is 5.37. The lowest BCUT2D eigenvalue weighted by atomic mass is 10.1. The average Bonchev–Trinajstić information content (AvgIpc) is 2.31. The Labute approximate surface area is 93.8 Å². The summed E-state index contributed by atoms with van der Waals surface area (Å²) in [6, 6.07) is 6.31. The minimum atomic E-state index is -0.520. The van der Waals surface area contributed by atoms with Gasteiger partial charge in [0.1, 0.15) is 29.3 Å². The predicted octanol–water partition coefficient (Wildman–Crippen LogP) is 1.83. The maximum atomic E-state index is 13.3. The summed E-state index contributed by atoms with van der Waals surface area (Å²) in [6.45, 7) is 1.81. The molecule has 1 aromatic carbocycles. The number of hydrogen-bond donors (Lipinski definition) is 1. The van der Waals surface area contributed by atoms with E-state index >= 15 is 0 Å². The Hall–Kier alpha value is -1.60. The Bertz CT molecular complexity index is 408. The number of nitriles is 1. The molecule has 0 bridgehead atoms. The van der Waals surface area contributed by atoms with Gasteiger partial charge in [-0.1, -0.05) is 6.07 Å². The molecule has 2 rings (SSSR count). The lowest BCUT2D eigenvalue weighted by molar-refractivity contribution is 0.161. The molecule has 4 heteroatoms. The summed E-state index contributed by atoms with van der Waals surface area (Å²) < 4.78 is 18.9. The number of hydrogen-bond acceptors (Lipinski definition) is 3. The molecule has 0 aromatic heterocycles. The van der Waals surface area contributed by atoms with Crippen molar-refractivity contribution in [2.45, 2.75) is 18.9 Å². The van der Waals surface area contributed by atoms with Gasteiger partial charge in [0, 0.05) is 0 Å². The van der Waals surface area contributed by atoms with Crippen LogP contribution in [0.2, 0.25) is 0 Å². The van der Waals surface area contributed by atoms with E-state index in [0.29, 0.717) is 5.75 Å². The fourth-order valence-electron chi connectivity index (χ4n) is 1.80. The summed E-state index contributed by atoms with van der Waals surface area (Å²) >= 11 is 0. The van der Waals surface area contributed by atoms with Gasteiger partial charge >= 0.3 is 0 Å². The van der Waals surface area contributed by atoms with E-state index in [0.717, 1.165) is 25.9 Å². The van der Waals surface area contributed by atoms with Crippen LogP contribution in [-0.4, -0.2) is 19.2 Å². The first-order valence-electron chi connectivity index (χ1n) is 5.37. The lowest BCUT2D eigenvalue weighted by Crippen LogP contribution is -2.34. The van der Waals surface area contributed by atoms with E-state index in [1.54, 1.807) is 12.1 Å². The summed E-state index contributed by atoms with van der Waals surface area (Å²) in [5, 5.41) is 12.1. The molecular weight excluding hydrogens is 207 g/mol. The molecule has 1 aliphatic heterocycles. The van der Waals surface area contributed by atoms with Crippen LogP contribution in [0.1, 0.15) is 18.4 Å². The van der Waals surface area contributed by atoms with Gasteiger partial charge in [-0.05, 0) is 38.1 Å². The van der Waals surface area contributed by atoms with Gasteiger partial charge in [0.05, 0.1) is 0 Å². The molecule has 1 heterocycles. The molecule has 84 valence electrons. The van der Waals surface area contributed by atoms with Crippen LogP contribution in [0.25, 0.3) is 0 Å². The van der Waals surface area contributed by atoms with Crippen LogP contribution in [0.15, 0.2) is 18.2 Å². The zero-order chi connectivity index (χ0) is 11.4. The number of halogens is 1. The van der Waals surface area contributed by atoms with E-state index < -0.39 is 5.82 Å². The second-order valence-electron chi connectivity index (χ2n) is 3.79. The maximum Gasteiger partial charge on any atom is 0.144 e. The first kappa shape index (κ1) is 10.9. The van der Waals surface area contributed by atoms with E-state index in [1.165, 1.54) is 6.07 Å². The molecular formula is C12H13FN2O. The van der Waals surface area contributed by atoms with Gasteiger partial charge < -0.3 is 10.1 Å². The Morgan fingerprint density at radius 1 is 1.38 bits per heavy atom. The van der Waals surface area contributed by atoms with Crippen molar-refractivity contribution in [2.24, 2.45) is 0 Å². The smallest absolute Gasteiger partial charge is 0.144 e. The van der Waals surface area contributed by atoms with Gasteiger partial charge in [0.2, 0.25) is 0 Å². The number of nitrogens with one attached hydrogen (secondary N) is 1. The third-order valence-corrected chi connectivity index (χ3v) is 2.67. The summed E-state index contributed by atoms with van der Waals surface area (Å²) in [4.78, 5) is 0. The largest absolute Gasteiger partial charge is 0.489 e. The van der Waals surface area contributed by atoms with Gasteiger partial charge in [-0.15, -0.1) is 0 Å². The molecule has 1 saturated heterocycles. The Morgan fingerprint density at radius 2 is 2.12 bits per heavy atom. The van der Waals surface area contributed by atoms with E-state index in [9.17, 15) is 4.39 Å². The third kappa shape index (κ3) is 2.31. The summed E-state index contributed by atoms with van der Waals surface area (Å²) in [7, 11) is 0. The highest BCUT2D eigenvalue weighted by Crippen LogP contribution is 2.23. The number of benzene rings is 1. The number of piperidine rings is 1. The monoisotopic (exact) mass is 220 g/mol. The molecule has 0 atom stereocenters. The lowest BCUT2D eigenvalue weighted by Gasteiger charge is -2.24. The third-order valence-electron chi connectivity index (χ3n) is 2.67. The molecule has 3 nitrogen and oxygen atoms in total. The topological polar surface area (TPSA) is 45.0 Å². The van der Waals surface area contributed by atoms with Crippen LogP contribution in [0.5, 0.6) is 5.75 Å². The summed E-state index contributed by atoms with van der Waals surface area (Å²) in [5.41, 5.74) is 0.000956. The van der Waals surface area contributed by atoms with Gasteiger partial charge in [0.25, 0.3) is 0 Å². The first-order chi connectivity index (χ1) is 7.81. The molecule has 0 spiro atoms. The van der Waals surface area contributed by atoms with E-state index in [2.05, 4.69) is 5.32 Å². The second-order valence-corrected chi connectivity index (χ2v) is 3.79. The van der Waals surface area contributed by atoms with Gasteiger partial charge in [0.15, 0.2) is 0 Å². The zero-order valence-electron chi connectivity index (χ0n) is 8.87. The number of rotatable bonds is 2. The Morgan fingerprint density at radius 3 is 2.81 bits per heavy atom. The molecule has 0 unspecified atom stereocenters. The molecule has 1 fully saturated rings. The van der Waals surface area contributed by atoms with Crippen molar-refractivity contribution in [3.63, 3.8) is 0 Å². The minimum absolute atomic E-state index is 0.000956. The summed E-state index contributed by atoms with van der Waals surface area (Å²) in [6.07, 6.45) is 1.86. The van der Waals surface area contributed by atoms with Crippen LogP contribution < -0.4 is 10.1 Å². The Balaban J connectivity index is 2.14. The molecule has 1 aromatic rings. The highest BCUT2D eigenvalue weighted by atomic mass is 19.1. The van der Waals surface area contributed by atoms with Crippen molar-refractivity contribution < 1.29 is 9.13 Å². The number of nitrogens with zero attached hydrogens (tertiary/aromatic N) is 1. The second kappa shape index (κ2) is 4.95. The minimum Gasteiger partial charge on any atom is -0.489 e. The maximum absolute atomic E-state index is 13.3. The van der Waals surface area contributed by atoms with Crippen molar-refractivity contribution in [1.29, 1.82) is 5.26 Å². The molecule has 1 aliphatic rings. The van der Waals surface area contributed by atoms with E-state index in [1.807, 2.05) is 6.07 Å². The van der Waals surface area contributed by atoms with Gasteiger partial charge in [-0.25, -0.2) is 4.39 Å². The van der Waals surface area contributed by atoms with Crippen molar-refractivity contribution in [2.75, 3.05) is 13.1 Å². The average molecular weight is 220 g/mol.